The summed E-state index contributed by atoms with van der Waals surface area (Å²) in [5, 5.41) is 0. The zero-order chi connectivity index (χ0) is 41.4. The minimum Gasteiger partial charge on any atom is -0.462 e. The molecule has 0 spiro atoms. The number of carbonyl (C=O) groups excluding carboxylic acids is 2. The molecule has 0 bridgehead atoms. The van der Waals surface area contributed by atoms with Crippen molar-refractivity contribution in [3.63, 3.8) is 0 Å². The fourth-order valence-corrected chi connectivity index (χ4v) is 7.04. The van der Waals surface area contributed by atoms with Crippen LogP contribution in [0, 0.1) is 0 Å². The first-order chi connectivity index (χ1) is 27.0. The van der Waals surface area contributed by atoms with Crippen LogP contribution in [0.25, 0.3) is 0 Å². The first-order valence-corrected chi connectivity index (χ1v) is 24.6. The maximum atomic E-state index is 12.7. The molecule has 0 heterocycles. The smallest absolute Gasteiger partial charge is 0.462 e. The second kappa shape index (κ2) is 39.0. The Labute approximate surface area is 345 Å². The summed E-state index contributed by atoms with van der Waals surface area (Å²) < 4.78 is 34.3. The molecular weight excluding hydrogens is 725 g/mol. The van der Waals surface area contributed by atoms with Gasteiger partial charge in [0.25, 0.3) is 0 Å². The Hall–Kier alpha value is -1.51. The molecule has 1 unspecified atom stereocenters. The van der Waals surface area contributed by atoms with Crippen molar-refractivity contribution in [3.8, 4) is 0 Å². The van der Waals surface area contributed by atoms with E-state index in [-0.39, 0.29) is 32.0 Å². The van der Waals surface area contributed by atoms with E-state index in [2.05, 4.69) is 38.2 Å². The number of phosphoric acid groups is 1. The summed E-state index contributed by atoms with van der Waals surface area (Å²) in [5.74, 6) is -0.824. The lowest BCUT2D eigenvalue weighted by Crippen LogP contribution is -2.37. The van der Waals surface area contributed by atoms with Crippen LogP contribution in [0.5, 0.6) is 0 Å². The van der Waals surface area contributed by atoms with Crippen LogP contribution in [0.15, 0.2) is 24.3 Å². The lowest BCUT2D eigenvalue weighted by atomic mass is 10.1. The number of carbonyl (C=O) groups is 2. The van der Waals surface area contributed by atoms with E-state index in [0.717, 1.165) is 44.9 Å². The van der Waals surface area contributed by atoms with Crippen molar-refractivity contribution in [2.24, 2.45) is 0 Å². The number of rotatable bonds is 42. The van der Waals surface area contributed by atoms with E-state index < -0.39 is 26.5 Å². The minimum atomic E-state index is -4.38. The van der Waals surface area contributed by atoms with Crippen LogP contribution in [0.1, 0.15) is 206 Å². The molecular formula is C46H89NO8P+. The summed E-state index contributed by atoms with van der Waals surface area (Å²) in [6.07, 6.45) is 42.2. The Balaban J connectivity index is 4.35. The van der Waals surface area contributed by atoms with E-state index in [4.69, 9.17) is 18.5 Å². The predicted molar refractivity (Wildman–Crippen MR) is 234 cm³/mol. The van der Waals surface area contributed by atoms with Gasteiger partial charge in [0.15, 0.2) is 6.10 Å². The van der Waals surface area contributed by atoms with E-state index in [0.29, 0.717) is 23.9 Å². The molecule has 0 saturated carbocycles. The van der Waals surface area contributed by atoms with Gasteiger partial charge in [-0.25, -0.2) is 4.57 Å². The number of ether oxygens (including phenoxy) is 2. The van der Waals surface area contributed by atoms with Crippen LogP contribution in [0.4, 0.5) is 0 Å². The van der Waals surface area contributed by atoms with Crippen molar-refractivity contribution in [2.75, 3.05) is 47.5 Å². The molecule has 0 aromatic heterocycles. The van der Waals surface area contributed by atoms with Gasteiger partial charge in [-0.05, 0) is 64.2 Å². The number of likely N-dealkylation sites (N-methyl/N-ethyl adjacent to an activating group) is 1. The van der Waals surface area contributed by atoms with Gasteiger partial charge < -0.3 is 18.9 Å². The molecule has 330 valence electrons. The van der Waals surface area contributed by atoms with Crippen LogP contribution < -0.4 is 0 Å². The lowest BCUT2D eigenvalue weighted by molar-refractivity contribution is -0.870. The third-order valence-corrected chi connectivity index (χ3v) is 10.9. The van der Waals surface area contributed by atoms with Gasteiger partial charge in [-0.1, -0.05) is 154 Å². The molecule has 2 atom stereocenters. The maximum absolute atomic E-state index is 12.7. The van der Waals surface area contributed by atoms with Crippen molar-refractivity contribution >= 4 is 19.8 Å². The fraction of sp³-hybridized carbons (Fsp3) is 0.870. The van der Waals surface area contributed by atoms with Crippen LogP contribution in [0.3, 0.4) is 0 Å². The molecule has 0 aliphatic carbocycles. The topological polar surface area (TPSA) is 108 Å². The molecule has 0 aromatic carbocycles. The number of allylic oxidation sites excluding steroid dienone is 4. The van der Waals surface area contributed by atoms with Crippen molar-refractivity contribution in [2.45, 2.75) is 213 Å². The molecule has 0 rings (SSSR count). The van der Waals surface area contributed by atoms with Crippen molar-refractivity contribution in [1.82, 2.24) is 0 Å². The molecule has 56 heavy (non-hydrogen) atoms. The Kier molecular flexibility index (Phi) is 37.9. The first-order valence-electron chi connectivity index (χ1n) is 23.1. The second-order valence-electron chi connectivity index (χ2n) is 16.8. The van der Waals surface area contributed by atoms with E-state index >= 15 is 0 Å². The number of unbranched alkanes of at least 4 members (excludes halogenated alkanes) is 24. The molecule has 0 amide bonds. The van der Waals surface area contributed by atoms with Crippen LogP contribution in [-0.2, 0) is 32.7 Å². The van der Waals surface area contributed by atoms with Gasteiger partial charge >= 0.3 is 19.8 Å². The van der Waals surface area contributed by atoms with Crippen LogP contribution in [0.2, 0.25) is 0 Å². The van der Waals surface area contributed by atoms with Gasteiger partial charge in [0.05, 0.1) is 27.7 Å². The summed E-state index contributed by atoms with van der Waals surface area (Å²) in [5.41, 5.74) is 0. The average molecular weight is 815 g/mol. The summed E-state index contributed by atoms with van der Waals surface area (Å²) in [6, 6.07) is 0. The molecule has 0 aromatic rings. The van der Waals surface area contributed by atoms with E-state index in [1.807, 2.05) is 21.1 Å². The van der Waals surface area contributed by atoms with E-state index in [1.165, 1.54) is 122 Å². The third-order valence-electron chi connectivity index (χ3n) is 9.95. The SMILES string of the molecule is CCCCCCCC/C=C/CCCCCCCCCC(=O)O[C@H](COC(=O)CCCC/C=C/CCCCCCCCCCC)COP(=O)(O)OCC[N+](C)(C)C. The highest BCUT2D eigenvalue weighted by Gasteiger charge is 2.27. The van der Waals surface area contributed by atoms with Crippen molar-refractivity contribution in [1.29, 1.82) is 0 Å². The van der Waals surface area contributed by atoms with Gasteiger partial charge in [-0.2, -0.15) is 0 Å². The molecule has 0 radical (unpaired) electrons. The zero-order valence-corrected chi connectivity index (χ0v) is 38.0. The summed E-state index contributed by atoms with van der Waals surface area (Å²) >= 11 is 0. The first kappa shape index (κ1) is 54.5. The van der Waals surface area contributed by atoms with Gasteiger partial charge in [0.2, 0.25) is 0 Å². The van der Waals surface area contributed by atoms with Gasteiger partial charge in [0, 0.05) is 12.8 Å². The highest BCUT2D eigenvalue weighted by molar-refractivity contribution is 7.47. The highest BCUT2D eigenvalue weighted by atomic mass is 31.2. The number of esters is 2. The quantitative estimate of drug-likeness (QED) is 0.0213. The molecule has 0 aliphatic rings. The molecule has 0 saturated heterocycles. The summed E-state index contributed by atoms with van der Waals surface area (Å²) in [7, 11) is 1.47. The predicted octanol–water partition coefficient (Wildman–Crippen LogP) is 13.1. The monoisotopic (exact) mass is 815 g/mol. The fourth-order valence-electron chi connectivity index (χ4n) is 6.30. The van der Waals surface area contributed by atoms with E-state index in [1.54, 1.807) is 0 Å². The molecule has 1 N–H and O–H groups in total. The highest BCUT2D eigenvalue weighted by Crippen LogP contribution is 2.43. The zero-order valence-electron chi connectivity index (χ0n) is 37.1. The van der Waals surface area contributed by atoms with E-state index in [9.17, 15) is 19.0 Å². The molecule has 10 heteroatoms. The summed E-state index contributed by atoms with van der Waals surface area (Å²) in [6.45, 7) is 4.41. The number of nitrogens with zero attached hydrogens (tertiary/aromatic N) is 1. The Morgan fingerprint density at radius 1 is 0.536 bits per heavy atom. The standard InChI is InChI=1S/C46H88NO8P/c1-6-8-10-12-14-16-18-20-22-23-25-27-29-31-33-35-37-39-46(49)55-44(43-54-56(50,51)53-41-40-47(3,4)5)42-52-45(48)38-36-34-32-30-28-26-24-21-19-17-15-13-11-9-7-2/h20,22,28,30,44H,6-19,21,23-27,29,31-43H2,1-5H3/p+1/b22-20+,30-28+/t44-/m1/s1. The van der Waals surface area contributed by atoms with Crippen molar-refractivity contribution < 1.29 is 42.1 Å². The number of hydrogen-bond donors (Lipinski definition) is 1. The number of phosphoric ester groups is 1. The molecule has 0 aliphatic heterocycles. The molecule has 9 nitrogen and oxygen atoms in total. The Morgan fingerprint density at radius 2 is 0.911 bits per heavy atom. The Bertz CT molecular complexity index is 1010. The van der Waals surface area contributed by atoms with Gasteiger partial charge in [-0.15, -0.1) is 0 Å². The number of quaternary nitrogens is 1. The maximum Gasteiger partial charge on any atom is 0.472 e. The van der Waals surface area contributed by atoms with Crippen LogP contribution in [-0.4, -0.2) is 74.9 Å². The van der Waals surface area contributed by atoms with Crippen molar-refractivity contribution in [3.05, 3.63) is 24.3 Å². The summed E-state index contributed by atoms with van der Waals surface area (Å²) in [4.78, 5) is 35.4. The average Bonchev–Trinajstić information content (AvgIpc) is 3.15. The minimum absolute atomic E-state index is 0.0293. The largest absolute Gasteiger partial charge is 0.472 e. The van der Waals surface area contributed by atoms with Gasteiger partial charge in [0.1, 0.15) is 19.8 Å². The van der Waals surface area contributed by atoms with Gasteiger partial charge in [-0.3, -0.25) is 18.6 Å². The molecule has 0 fully saturated rings. The Morgan fingerprint density at radius 3 is 1.36 bits per heavy atom. The van der Waals surface area contributed by atoms with Crippen LogP contribution >= 0.6 is 7.82 Å². The number of hydrogen-bond acceptors (Lipinski definition) is 7. The third kappa shape index (κ3) is 42.1. The second-order valence-corrected chi connectivity index (χ2v) is 18.2. The lowest BCUT2D eigenvalue weighted by Gasteiger charge is -2.24. The normalized spacial score (nSPS) is 13.8.